The maximum Gasteiger partial charge on any atom is 0.326 e. The van der Waals surface area contributed by atoms with E-state index in [9.17, 15) is 9.90 Å². The van der Waals surface area contributed by atoms with Crippen molar-refractivity contribution in [3.63, 3.8) is 0 Å². The van der Waals surface area contributed by atoms with Crippen LogP contribution in [0.4, 0.5) is 0 Å². The number of methoxy groups -OCH3 is 1. The molecule has 0 aliphatic carbocycles. The maximum absolute atomic E-state index is 11.6. The van der Waals surface area contributed by atoms with Crippen LogP contribution >= 0.6 is 0 Å². The van der Waals surface area contributed by atoms with Gasteiger partial charge in [-0.3, -0.25) is 4.57 Å². The van der Waals surface area contributed by atoms with Crippen LogP contribution in [0.5, 0.6) is 5.75 Å². The van der Waals surface area contributed by atoms with E-state index in [1.807, 2.05) is 0 Å². The topological polar surface area (TPSA) is 67.2 Å². The van der Waals surface area contributed by atoms with E-state index in [0.717, 1.165) is 11.9 Å². The van der Waals surface area contributed by atoms with Crippen LogP contribution in [0.15, 0.2) is 23.0 Å². The Kier molecular flexibility index (Phi) is 2.96. The number of imidazole rings is 1. The number of benzene rings is 1. The highest BCUT2D eigenvalue weighted by atomic mass is 16.5. The Balaban J connectivity index is 2.40. The van der Waals surface area contributed by atoms with Crippen molar-refractivity contribution in [2.24, 2.45) is 0 Å². The first-order valence-corrected chi connectivity index (χ1v) is 5.13. The highest BCUT2D eigenvalue weighted by molar-refractivity contribution is 5.81. The van der Waals surface area contributed by atoms with Crippen LogP contribution in [-0.2, 0) is 11.3 Å². The van der Waals surface area contributed by atoms with Crippen molar-refractivity contribution in [2.45, 2.75) is 13.0 Å². The fourth-order valence-electron chi connectivity index (χ4n) is 1.75. The number of aromatic nitrogens is 2. The number of aromatic amines is 1. The molecule has 0 atom stereocenters. The van der Waals surface area contributed by atoms with Crippen LogP contribution < -0.4 is 5.69 Å². The van der Waals surface area contributed by atoms with Gasteiger partial charge in [-0.25, -0.2) is 4.79 Å². The molecule has 0 aliphatic rings. The summed E-state index contributed by atoms with van der Waals surface area (Å²) < 4.78 is 6.55. The average Bonchev–Trinajstić information content (AvgIpc) is 2.58. The number of hydrogen-bond acceptors (Lipinski definition) is 3. The van der Waals surface area contributed by atoms with Gasteiger partial charge in [-0.05, 0) is 18.6 Å². The highest BCUT2D eigenvalue weighted by Gasteiger charge is 2.08. The van der Waals surface area contributed by atoms with Gasteiger partial charge in [0.2, 0.25) is 0 Å². The molecule has 0 saturated heterocycles. The number of phenols is 1. The zero-order valence-corrected chi connectivity index (χ0v) is 9.06. The summed E-state index contributed by atoms with van der Waals surface area (Å²) in [6.45, 7) is 1.19. The van der Waals surface area contributed by atoms with Gasteiger partial charge in [0.15, 0.2) is 0 Å². The Hall–Kier alpha value is -1.75. The minimum Gasteiger partial charge on any atom is -0.506 e. The highest BCUT2D eigenvalue weighted by Crippen LogP contribution is 2.20. The molecule has 0 bridgehead atoms. The third kappa shape index (κ3) is 1.81. The van der Waals surface area contributed by atoms with Crippen molar-refractivity contribution in [1.29, 1.82) is 0 Å². The minimum absolute atomic E-state index is 0.0973. The number of H-pyrrole nitrogens is 1. The van der Waals surface area contributed by atoms with Gasteiger partial charge in [-0.15, -0.1) is 0 Å². The predicted molar refractivity (Wildman–Crippen MR) is 60.7 cm³/mol. The number of para-hydroxylation sites is 1. The van der Waals surface area contributed by atoms with Crippen LogP contribution in [0.1, 0.15) is 6.42 Å². The van der Waals surface area contributed by atoms with E-state index in [2.05, 4.69) is 4.98 Å². The molecular formula is C11H14N2O3. The number of hydrogen-bond donors (Lipinski definition) is 2. The van der Waals surface area contributed by atoms with E-state index in [-0.39, 0.29) is 11.4 Å². The molecule has 5 heteroatoms. The monoisotopic (exact) mass is 222 g/mol. The molecule has 0 amide bonds. The fraction of sp³-hybridized carbons (Fsp3) is 0.364. The summed E-state index contributed by atoms with van der Waals surface area (Å²) in [6, 6.07) is 5.08. The standard InChI is InChI=1S/C11H14N2O3/c1-16-7-3-6-13-8-4-2-5-9(14)10(8)12-11(13)15/h2,4-5,14H,3,6-7H2,1H3,(H,12,15). The molecule has 16 heavy (non-hydrogen) atoms. The van der Waals surface area contributed by atoms with E-state index in [4.69, 9.17) is 4.74 Å². The van der Waals surface area contributed by atoms with E-state index in [0.29, 0.717) is 18.7 Å². The molecule has 2 rings (SSSR count). The molecule has 0 aliphatic heterocycles. The largest absolute Gasteiger partial charge is 0.506 e. The van der Waals surface area contributed by atoms with Gasteiger partial charge in [0.1, 0.15) is 11.3 Å². The average molecular weight is 222 g/mol. The molecule has 0 spiro atoms. The lowest BCUT2D eigenvalue weighted by Gasteiger charge is -2.02. The van der Waals surface area contributed by atoms with Crippen LogP contribution in [-0.4, -0.2) is 28.4 Å². The fourth-order valence-corrected chi connectivity index (χ4v) is 1.75. The third-order valence-corrected chi connectivity index (χ3v) is 2.52. The number of nitrogens with one attached hydrogen (secondary N) is 1. The molecule has 5 nitrogen and oxygen atoms in total. The molecule has 86 valence electrons. The van der Waals surface area contributed by atoms with E-state index >= 15 is 0 Å². The third-order valence-electron chi connectivity index (χ3n) is 2.52. The number of aryl methyl sites for hydroxylation is 1. The van der Waals surface area contributed by atoms with Crippen LogP contribution in [0.25, 0.3) is 11.0 Å². The van der Waals surface area contributed by atoms with Crippen molar-refractivity contribution in [1.82, 2.24) is 9.55 Å². The lowest BCUT2D eigenvalue weighted by molar-refractivity contribution is 0.190. The van der Waals surface area contributed by atoms with Gasteiger partial charge >= 0.3 is 5.69 Å². The van der Waals surface area contributed by atoms with Crippen molar-refractivity contribution in [3.05, 3.63) is 28.7 Å². The molecule has 0 saturated carbocycles. The lowest BCUT2D eigenvalue weighted by Crippen LogP contribution is -2.17. The molecule has 2 N–H and O–H groups in total. The predicted octanol–water partition coefficient (Wildman–Crippen LogP) is 1.07. The number of aromatic hydroxyl groups is 1. The summed E-state index contributed by atoms with van der Waals surface area (Å²) in [4.78, 5) is 14.3. The first-order valence-electron chi connectivity index (χ1n) is 5.13. The van der Waals surface area contributed by atoms with Gasteiger partial charge in [-0.2, -0.15) is 0 Å². The molecular weight excluding hydrogens is 208 g/mol. The van der Waals surface area contributed by atoms with E-state index in [1.165, 1.54) is 0 Å². The second kappa shape index (κ2) is 4.40. The summed E-state index contributed by atoms with van der Waals surface area (Å²) in [5.74, 6) is 0.0973. The molecule has 0 radical (unpaired) electrons. The lowest BCUT2D eigenvalue weighted by atomic mass is 10.3. The Morgan fingerprint density at radius 2 is 2.31 bits per heavy atom. The molecule has 1 aromatic carbocycles. The SMILES string of the molecule is COCCCn1c(=O)[nH]c2c(O)cccc21. The quantitative estimate of drug-likeness (QED) is 0.760. The number of fused-ring (bicyclic) bond motifs is 1. The van der Waals surface area contributed by atoms with Crippen LogP contribution in [0.2, 0.25) is 0 Å². The molecule has 2 aromatic rings. The zero-order valence-electron chi connectivity index (χ0n) is 9.06. The Bertz CT molecular complexity index is 542. The van der Waals surface area contributed by atoms with Crippen LogP contribution in [0.3, 0.4) is 0 Å². The van der Waals surface area contributed by atoms with Gasteiger partial charge in [-0.1, -0.05) is 6.07 Å². The summed E-state index contributed by atoms with van der Waals surface area (Å²) in [7, 11) is 1.63. The number of nitrogens with zero attached hydrogens (tertiary/aromatic N) is 1. The Morgan fingerprint density at radius 3 is 3.06 bits per heavy atom. The summed E-state index contributed by atoms with van der Waals surface area (Å²) >= 11 is 0. The maximum atomic E-state index is 11.6. The molecule has 1 heterocycles. The van der Waals surface area contributed by atoms with Crippen molar-refractivity contribution < 1.29 is 9.84 Å². The summed E-state index contributed by atoms with van der Waals surface area (Å²) in [5, 5.41) is 9.57. The molecule has 0 fully saturated rings. The van der Waals surface area contributed by atoms with E-state index in [1.54, 1.807) is 29.9 Å². The molecule has 0 unspecified atom stereocenters. The number of ether oxygens (including phenoxy) is 1. The van der Waals surface area contributed by atoms with Gasteiger partial charge in [0.05, 0.1) is 5.52 Å². The van der Waals surface area contributed by atoms with Crippen molar-refractivity contribution in [2.75, 3.05) is 13.7 Å². The first kappa shape index (κ1) is 10.8. The Morgan fingerprint density at radius 1 is 1.50 bits per heavy atom. The second-order valence-corrected chi connectivity index (χ2v) is 3.60. The summed E-state index contributed by atoms with van der Waals surface area (Å²) in [5.41, 5.74) is 1.01. The van der Waals surface area contributed by atoms with Gasteiger partial charge in [0, 0.05) is 20.3 Å². The van der Waals surface area contributed by atoms with Crippen molar-refractivity contribution in [3.8, 4) is 5.75 Å². The van der Waals surface area contributed by atoms with Crippen molar-refractivity contribution >= 4 is 11.0 Å². The smallest absolute Gasteiger partial charge is 0.326 e. The normalized spacial score (nSPS) is 11.1. The molecule has 1 aromatic heterocycles. The summed E-state index contributed by atoms with van der Waals surface area (Å²) in [6.07, 6.45) is 0.763. The second-order valence-electron chi connectivity index (χ2n) is 3.60. The van der Waals surface area contributed by atoms with E-state index < -0.39 is 0 Å². The minimum atomic E-state index is -0.201. The number of phenolic OH excluding ortho intramolecular Hbond substituents is 1. The van der Waals surface area contributed by atoms with Gasteiger partial charge in [0.25, 0.3) is 0 Å². The van der Waals surface area contributed by atoms with Crippen LogP contribution in [0, 0.1) is 0 Å². The Labute approximate surface area is 92.3 Å². The van der Waals surface area contributed by atoms with Gasteiger partial charge < -0.3 is 14.8 Å². The number of rotatable bonds is 4. The zero-order chi connectivity index (χ0) is 11.5. The first-order chi connectivity index (χ1) is 7.74.